The molecule has 0 spiro atoms. The molecule has 8 rings (SSSR count). The van der Waals surface area contributed by atoms with Crippen molar-refractivity contribution in [2.45, 2.75) is 44.4 Å². The molecule has 188 valence electrons. The zero-order chi connectivity index (χ0) is 24.9. The van der Waals surface area contributed by atoms with Crippen LogP contribution < -0.4 is 10.6 Å². The van der Waals surface area contributed by atoms with Gasteiger partial charge in [0, 0.05) is 23.5 Å². The van der Waals surface area contributed by atoms with E-state index in [4.69, 9.17) is 4.98 Å². The predicted octanol–water partition coefficient (Wildman–Crippen LogP) is 5.28. The summed E-state index contributed by atoms with van der Waals surface area (Å²) in [5.74, 6) is 3.77. The second kappa shape index (κ2) is 9.08. The Balaban J connectivity index is 1.05. The van der Waals surface area contributed by atoms with E-state index in [9.17, 15) is 9.90 Å². The van der Waals surface area contributed by atoms with Crippen LogP contribution in [0, 0.1) is 23.7 Å². The largest absolute Gasteiger partial charge is 0.374 e. The number of carbonyl (C=O) groups excluding carboxylic acids is 1. The highest BCUT2D eigenvalue weighted by atomic mass is 16.3. The summed E-state index contributed by atoms with van der Waals surface area (Å²) in [5.41, 5.74) is 4.60. The average molecular weight is 494 g/mol. The minimum Gasteiger partial charge on any atom is -0.374 e. The average Bonchev–Trinajstić information content (AvgIpc) is 3.35. The number of anilines is 1. The molecule has 4 N–H and O–H groups in total. The number of nitrogens with one attached hydrogen (secondary N) is 3. The highest BCUT2D eigenvalue weighted by Gasteiger charge is 2.48. The lowest BCUT2D eigenvalue weighted by Gasteiger charge is -2.55. The van der Waals surface area contributed by atoms with E-state index in [1.165, 1.54) is 32.1 Å². The fraction of sp³-hybridized carbons (Fsp3) is 0.367. The topological polar surface area (TPSA) is 103 Å². The molecule has 0 radical (unpaired) electrons. The molecule has 4 aliphatic rings. The van der Waals surface area contributed by atoms with Gasteiger partial charge < -0.3 is 15.4 Å². The van der Waals surface area contributed by atoms with Crippen LogP contribution in [0.2, 0.25) is 0 Å². The van der Waals surface area contributed by atoms with Gasteiger partial charge in [-0.05, 0) is 110 Å². The molecular weight excluding hydrogens is 462 g/mol. The van der Waals surface area contributed by atoms with Gasteiger partial charge in [-0.15, -0.1) is 0 Å². The van der Waals surface area contributed by atoms with Crippen molar-refractivity contribution in [1.29, 1.82) is 0 Å². The van der Waals surface area contributed by atoms with Gasteiger partial charge in [-0.1, -0.05) is 12.1 Å². The number of rotatable bonds is 6. The first-order chi connectivity index (χ1) is 18.1. The number of H-pyrrole nitrogens is 1. The molecule has 4 bridgehead atoms. The zero-order valence-electron chi connectivity index (χ0n) is 20.6. The SMILES string of the molecule is O=C(Nc1ccc(-c2nc3ccc(C(O)NC4C5CC6CC(C5)CC4C6)cc3[nH]2)cc1)c1ccccn1. The second-order valence-corrected chi connectivity index (χ2v) is 11.1. The van der Waals surface area contributed by atoms with E-state index in [1.54, 1.807) is 24.4 Å². The lowest BCUT2D eigenvalue weighted by molar-refractivity contribution is -0.0360. The summed E-state index contributed by atoms with van der Waals surface area (Å²) in [6, 6.07) is 19.2. The first kappa shape index (κ1) is 22.6. The van der Waals surface area contributed by atoms with Crippen molar-refractivity contribution in [3.05, 3.63) is 78.1 Å². The van der Waals surface area contributed by atoms with Crippen LogP contribution in [0.5, 0.6) is 0 Å². The molecule has 2 aromatic carbocycles. The van der Waals surface area contributed by atoms with Gasteiger partial charge in [0.1, 0.15) is 17.7 Å². The van der Waals surface area contributed by atoms with E-state index in [0.717, 1.165) is 39.8 Å². The lowest BCUT2D eigenvalue weighted by Crippen LogP contribution is -2.55. The van der Waals surface area contributed by atoms with Crippen molar-refractivity contribution in [3.63, 3.8) is 0 Å². The predicted molar refractivity (Wildman–Crippen MR) is 143 cm³/mol. The number of carbonyl (C=O) groups is 1. The van der Waals surface area contributed by atoms with Crippen molar-refractivity contribution >= 4 is 22.6 Å². The monoisotopic (exact) mass is 493 g/mol. The van der Waals surface area contributed by atoms with Crippen LogP contribution in [-0.4, -0.2) is 32.0 Å². The van der Waals surface area contributed by atoms with E-state index >= 15 is 0 Å². The molecule has 4 saturated carbocycles. The van der Waals surface area contributed by atoms with Crippen molar-refractivity contribution in [3.8, 4) is 11.4 Å². The summed E-state index contributed by atoms with van der Waals surface area (Å²) in [5, 5.41) is 17.6. The Hall–Kier alpha value is -3.55. The number of aromatic nitrogens is 3. The number of imidazole rings is 1. The minimum atomic E-state index is -0.680. The zero-order valence-corrected chi connectivity index (χ0v) is 20.6. The Morgan fingerprint density at radius 2 is 1.70 bits per heavy atom. The highest BCUT2D eigenvalue weighted by Crippen LogP contribution is 2.54. The quantitative estimate of drug-likeness (QED) is 0.274. The molecule has 4 aliphatic carbocycles. The summed E-state index contributed by atoms with van der Waals surface area (Å²) >= 11 is 0. The molecule has 7 heteroatoms. The number of aromatic amines is 1. The first-order valence-electron chi connectivity index (χ1n) is 13.4. The number of hydrogen-bond acceptors (Lipinski definition) is 5. The third-order valence-corrected chi connectivity index (χ3v) is 8.71. The Morgan fingerprint density at radius 1 is 0.946 bits per heavy atom. The third kappa shape index (κ3) is 4.32. The normalized spacial score (nSPS) is 26.9. The van der Waals surface area contributed by atoms with Crippen LogP contribution in [0.3, 0.4) is 0 Å². The summed E-state index contributed by atoms with van der Waals surface area (Å²) in [7, 11) is 0. The van der Waals surface area contributed by atoms with Crippen molar-refractivity contribution < 1.29 is 9.90 Å². The summed E-state index contributed by atoms with van der Waals surface area (Å²) in [6.45, 7) is 0. The highest BCUT2D eigenvalue weighted by molar-refractivity contribution is 6.02. The van der Waals surface area contributed by atoms with Gasteiger partial charge in [-0.2, -0.15) is 0 Å². The van der Waals surface area contributed by atoms with Crippen LogP contribution in [0.15, 0.2) is 66.9 Å². The molecule has 2 aromatic heterocycles. The molecule has 7 nitrogen and oxygen atoms in total. The number of aliphatic hydroxyl groups is 1. The molecule has 2 heterocycles. The smallest absolute Gasteiger partial charge is 0.274 e. The van der Waals surface area contributed by atoms with Crippen LogP contribution in [0.4, 0.5) is 5.69 Å². The molecule has 4 fully saturated rings. The molecule has 0 saturated heterocycles. The van der Waals surface area contributed by atoms with E-state index in [2.05, 4.69) is 20.6 Å². The summed E-state index contributed by atoms with van der Waals surface area (Å²) < 4.78 is 0. The molecule has 1 amide bonds. The number of amides is 1. The minimum absolute atomic E-state index is 0.245. The number of benzene rings is 2. The number of fused-ring (bicyclic) bond motifs is 1. The Kier molecular flexibility index (Phi) is 5.55. The molecule has 37 heavy (non-hydrogen) atoms. The fourth-order valence-corrected chi connectivity index (χ4v) is 7.21. The van der Waals surface area contributed by atoms with Gasteiger partial charge in [-0.25, -0.2) is 4.98 Å². The van der Waals surface area contributed by atoms with Gasteiger partial charge >= 0.3 is 0 Å². The van der Waals surface area contributed by atoms with Crippen molar-refractivity contribution in [2.75, 3.05) is 5.32 Å². The van der Waals surface area contributed by atoms with Crippen LogP contribution >= 0.6 is 0 Å². The molecule has 1 atom stereocenters. The number of aliphatic hydroxyl groups excluding tert-OH is 1. The van der Waals surface area contributed by atoms with Crippen molar-refractivity contribution in [1.82, 2.24) is 20.3 Å². The Bertz CT molecular complexity index is 1400. The standard InChI is InChI=1S/C30H31N5O2/c36-29(35-27-21-12-17-11-18(14-21)15-22(27)13-17)20-6-9-24-26(16-20)34-28(33-24)19-4-7-23(8-5-19)32-30(37)25-3-1-2-10-31-25/h1-10,16-18,21-22,27,29,35-36H,11-15H2,(H,32,37)(H,33,34). The maximum absolute atomic E-state index is 12.4. The van der Waals surface area contributed by atoms with Gasteiger partial charge in [0.05, 0.1) is 11.0 Å². The molecule has 1 unspecified atom stereocenters. The number of pyridine rings is 1. The fourth-order valence-electron chi connectivity index (χ4n) is 7.21. The maximum Gasteiger partial charge on any atom is 0.274 e. The van der Waals surface area contributed by atoms with E-state index in [0.29, 0.717) is 29.3 Å². The molecule has 0 aliphatic heterocycles. The van der Waals surface area contributed by atoms with E-state index in [1.807, 2.05) is 42.5 Å². The number of hydrogen-bond donors (Lipinski definition) is 4. The third-order valence-electron chi connectivity index (χ3n) is 8.71. The van der Waals surface area contributed by atoms with Gasteiger partial charge in [0.2, 0.25) is 0 Å². The van der Waals surface area contributed by atoms with Crippen LogP contribution in [-0.2, 0) is 0 Å². The van der Waals surface area contributed by atoms with Crippen LogP contribution in [0.1, 0.15) is 54.4 Å². The van der Waals surface area contributed by atoms with Gasteiger partial charge in [0.15, 0.2) is 0 Å². The molecule has 4 aromatic rings. The second-order valence-electron chi connectivity index (χ2n) is 11.1. The van der Waals surface area contributed by atoms with Crippen LogP contribution in [0.25, 0.3) is 22.4 Å². The summed E-state index contributed by atoms with van der Waals surface area (Å²) in [6.07, 6.45) is 7.66. The van der Waals surface area contributed by atoms with Crippen molar-refractivity contribution in [2.24, 2.45) is 23.7 Å². The maximum atomic E-state index is 12.4. The Morgan fingerprint density at radius 3 is 2.41 bits per heavy atom. The summed E-state index contributed by atoms with van der Waals surface area (Å²) in [4.78, 5) is 24.6. The number of nitrogens with zero attached hydrogens (tertiary/aromatic N) is 2. The first-order valence-corrected chi connectivity index (χ1v) is 13.4. The molecular formula is C30H31N5O2. The van der Waals surface area contributed by atoms with Gasteiger partial charge in [0.25, 0.3) is 5.91 Å². The lowest BCUT2D eigenvalue weighted by atomic mass is 9.54. The van der Waals surface area contributed by atoms with E-state index in [-0.39, 0.29) is 5.91 Å². The Labute approximate surface area is 215 Å². The van der Waals surface area contributed by atoms with E-state index < -0.39 is 6.23 Å². The van der Waals surface area contributed by atoms with Gasteiger partial charge in [-0.3, -0.25) is 15.1 Å².